The summed E-state index contributed by atoms with van der Waals surface area (Å²) >= 11 is 0. The molecule has 0 saturated heterocycles. The Morgan fingerprint density at radius 3 is 1.33 bits per heavy atom. The van der Waals surface area contributed by atoms with Crippen LogP contribution >= 0.6 is 7.82 Å². The van der Waals surface area contributed by atoms with Gasteiger partial charge in [-0.05, 0) is 51.0 Å². The summed E-state index contributed by atoms with van der Waals surface area (Å²) in [5, 5.41) is 3.03. The molecule has 9 nitrogen and oxygen atoms in total. The Bertz CT molecular complexity index is 1530. The first kappa shape index (κ1) is 70.2. The number of hydrogen-bond acceptors (Lipinski definition) is 6. The van der Waals surface area contributed by atoms with Crippen molar-refractivity contribution in [3.05, 3.63) is 85.1 Å². The number of hydrogen-bond donors (Lipinski definition) is 2. The fourth-order valence-electron chi connectivity index (χ4n) is 8.38. The summed E-state index contributed by atoms with van der Waals surface area (Å²) in [5.41, 5.74) is 0. The number of ether oxygens (including phenoxy) is 1. The number of nitrogens with zero attached hydrogens (tertiary/aromatic N) is 1. The van der Waals surface area contributed by atoms with Gasteiger partial charge < -0.3 is 19.4 Å². The molecule has 1 amide bonds. The van der Waals surface area contributed by atoms with Crippen LogP contribution in [0.4, 0.5) is 0 Å². The highest BCUT2D eigenvalue weighted by Crippen LogP contribution is 2.43. The van der Waals surface area contributed by atoms with Crippen molar-refractivity contribution in [3.63, 3.8) is 0 Å². The lowest BCUT2D eigenvalue weighted by molar-refractivity contribution is -0.870. The summed E-state index contributed by atoms with van der Waals surface area (Å²) < 4.78 is 30.6. The lowest BCUT2D eigenvalue weighted by Crippen LogP contribution is -2.47. The van der Waals surface area contributed by atoms with E-state index in [9.17, 15) is 19.0 Å². The third-order valence-corrected chi connectivity index (χ3v) is 14.0. The SMILES string of the molecule is CC\C=C/C=C/C=C/C=C\C=C\C=C\CCCCCC(=O)NC(COP(=O)(O)OCC[N+](C)(C)C)C(/C=C/CCCCCCCCCCCCC)OC(=O)CCCCCCCCCCCCCCCCCCC. The van der Waals surface area contributed by atoms with E-state index in [1.54, 1.807) is 0 Å². The zero-order chi connectivity index (χ0) is 53.6. The van der Waals surface area contributed by atoms with E-state index in [0.717, 1.165) is 64.2 Å². The Morgan fingerprint density at radius 2 is 0.877 bits per heavy atom. The van der Waals surface area contributed by atoms with Crippen molar-refractivity contribution in [2.45, 2.75) is 264 Å². The van der Waals surface area contributed by atoms with Crippen LogP contribution < -0.4 is 5.32 Å². The second-order valence-electron chi connectivity index (χ2n) is 21.3. The molecule has 0 spiro atoms. The van der Waals surface area contributed by atoms with Crippen molar-refractivity contribution < 1.29 is 37.3 Å². The highest BCUT2D eigenvalue weighted by Gasteiger charge is 2.30. The quantitative estimate of drug-likeness (QED) is 0.0156. The number of nitrogens with one attached hydrogen (secondary N) is 1. The van der Waals surface area contributed by atoms with Gasteiger partial charge in [0.05, 0.1) is 33.8 Å². The lowest BCUT2D eigenvalue weighted by atomic mass is 10.0. The van der Waals surface area contributed by atoms with Crippen molar-refractivity contribution in [2.75, 3.05) is 40.9 Å². The molecule has 0 aliphatic rings. The molecule has 73 heavy (non-hydrogen) atoms. The number of phosphoric ester groups is 1. The molecule has 2 N–H and O–H groups in total. The van der Waals surface area contributed by atoms with Gasteiger partial charge >= 0.3 is 13.8 Å². The van der Waals surface area contributed by atoms with Gasteiger partial charge in [-0.2, -0.15) is 0 Å². The van der Waals surface area contributed by atoms with Crippen molar-refractivity contribution in [1.82, 2.24) is 5.32 Å². The fraction of sp³-hybridized carbons (Fsp3) is 0.746. The maximum Gasteiger partial charge on any atom is 0.472 e. The van der Waals surface area contributed by atoms with Crippen LogP contribution in [0.3, 0.4) is 0 Å². The molecule has 0 aromatic heterocycles. The number of carbonyl (C=O) groups excluding carboxylic acids is 2. The van der Waals surface area contributed by atoms with Gasteiger partial charge in [0, 0.05) is 12.8 Å². The topological polar surface area (TPSA) is 111 Å². The van der Waals surface area contributed by atoms with E-state index in [-0.39, 0.29) is 37.9 Å². The van der Waals surface area contributed by atoms with Crippen molar-refractivity contribution in [3.8, 4) is 0 Å². The van der Waals surface area contributed by atoms with Crippen LogP contribution in [0, 0.1) is 0 Å². The molecule has 0 aromatic rings. The summed E-state index contributed by atoms with van der Waals surface area (Å²) in [6.45, 7) is 6.84. The molecule has 0 rings (SSSR count). The van der Waals surface area contributed by atoms with Gasteiger partial charge in [-0.3, -0.25) is 18.6 Å². The fourth-order valence-corrected chi connectivity index (χ4v) is 9.12. The van der Waals surface area contributed by atoms with Crippen LogP contribution in [0.25, 0.3) is 0 Å². The van der Waals surface area contributed by atoms with Crippen LogP contribution in [0.2, 0.25) is 0 Å². The molecule has 10 heteroatoms. The van der Waals surface area contributed by atoms with E-state index in [1.807, 2.05) is 94.1 Å². The molecule has 3 unspecified atom stereocenters. The average Bonchev–Trinajstić information content (AvgIpc) is 3.35. The minimum atomic E-state index is -4.46. The smallest absolute Gasteiger partial charge is 0.456 e. The van der Waals surface area contributed by atoms with Crippen LogP contribution in [0.5, 0.6) is 0 Å². The maximum absolute atomic E-state index is 13.5. The molecule has 0 heterocycles. The van der Waals surface area contributed by atoms with Crippen LogP contribution in [0.1, 0.15) is 252 Å². The monoisotopic (exact) mass is 1040 g/mol. The largest absolute Gasteiger partial charge is 0.472 e. The number of esters is 1. The highest BCUT2D eigenvalue weighted by molar-refractivity contribution is 7.47. The number of amides is 1. The van der Waals surface area contributed by atoms with Crippen LogP contribution in [-0.2, 0) is 27.9 Å². The number of allylic oxidation sites excluding steroid dienone is 13. The van der Waals surface area contributed by atoms with Crippen LogP contribution in [0.15, 0.2) is 85.1 Å². The normalized spacial score (nSPS) is 14.3. The molecule has 0 radical (unpaired) electrons. The van der Waals surface area contributed by atoms with Crippen molar-refractivity contribution >= 4 is 19.7 Å². The van der Waals surface area contributed by atoms with E-state index >= 15 is 0 Å². The molecule has 0 bridgehead atoms. The number of quaternary nitrogens is 1. The number of unbranched alkanes of at least 4 members (excludes halogenated alkanes) is 30. The first-order valence-electron chi connectivity index (χ1n) is 30.0. The summed E-state index contributed by atoms with van der Waals surface area (Å²) in [5.74, 6) is -0.553. The number of phosphoric acid groups is 1. The molecule has 0 aliphatic carbocycles. The second-order valence-corrected chi connectivity index (χ2v) is 22.8. The highest BCUT2D eigenvalue weighted by atomic mass is 31.2. The Labute approximate surface area is 450 Å². The Kier molecular flexibility index (Phi) is 50.6. The van der Waals surface area contributed by atoms with Crippen molar-refractivity contribution in [2.24, 2.45) is 0 Å². The Hall–Kier alpha value is -2.81. The molecule has 0 aromatic carbocycles. The van der Waals surface area contributed by atoms with Gasteiger partial charge in [0.2, 0.25) is 5.91 Å². The van der Waals surface area contributed by atoms with E-state index < -0.39 is 20.0 Å². The maximum atomic E-state index is 13.5. The van der Waals surface area contributed by atoms with E-state index in [1.165, 1.54) is 148 Å². The minimum absolute atomic E-state index is 0.0285. The number of rotatable bonds is 53. The third kappa shape index (κ3) is 53.8. The van der Waals surface area contributed by atoms with Gasteiger partial charge in [-0.1, -0.05) is 273 Å². The molecule has 422 valence electrons. The molecule has 0 fully saturated rings. The average molecular weight is 1040 g/mol. The first-order valence-corrected chi connectivity index (χ1v) is 31.5. The second kappa shape index (κ2) is 52.6. The van der Waals surface area contributed by atoms with Gasteiger partial charge in [-0.15, -0.1) is 0 Å². The number of likely N-dealkylation sites (N-methyl/N-ethyl adjacent to an activating group) is 1. The minimum Gasteiger partial charge on any atom is -0.456 e. The standard InChI is InChI=1S/C63H113N2O7P/c1-7-10-13-16-19-22-25-28-30-32-34-37-40-43-46-49-52-55-62(66)64-60(59-71-73(68,69)70-58-57-65(4,5)6)61(54-51-48-45-42-39-36-27-24-21-18-15-12-9-3)72-63(67)56-53-50-47-44-41-38-35-33-31-29-26-23-20-17-14-11-8-2/h10,13,16,19,22,25,28,30,32,34,37,40,51,54,60-61H,7-9,11-12,14-15,17-18,20-21,23-24,26-27,29,31,33,35-36,38-39,41-50,52-53,55-59H2,1-6H3,(H-,64,66,68,69)/p+1/b13-10-,19-16+,25-22+,30-28-,34-32+,40-37+,54-51+. The Morgan fingerprint density at radius 1 is 0.493 bits per heavy atom. The molecule has 0 aliphatic heterocycles. The first-order chi connectivity index (χ1) is 35.4. The van der Waals surface area contributed by atoms with E-state index in [0.29, 0.717) is 17.4 Å². The van der Waals surface area contributed by atoms with Gasteiger partial charge in [0.1, 0.15) is 19.3 Å². The Balaban J connectivity index is 5.41. The molecule has 0 saturated carbocycles. The summed E-state index contributed by atoms with van der Waals surface area (Å²) in [4.78, 5) is 37.7. The van der Waals surface area contributed by atoms with Gasteiger partial charge in [0.15, 0.2) is 0 Å². The van der Waals surface area contributed by atoms with Gasteiger partial charge in [-0.25, -0.2) is 4.57 Å². The third-order valence-electron chi connectivity index (χ3n) is 13.0. The predicted molar refractivity (Wildman–Crippen MR) is 314 cm³/mol. The number of carbonyl (C=O) groups is 2. The van der Waals surface area contributed by atoms with E-state index in [2.05, 4.69) is 38.2 Å². The lowest BCUT2D eigenvalue weighted by Gasteiger charge is -2.27. The summed E-state index contributed by atoms with van der Waals surface area (Å²) in [7, 11) is 1.46. The van der Waals surface area contributed by atoms with Crippen LogP contribution in [-0.4, -0.2) is 74.3 Å². The zero-order valence-electron chi connectivity index (χ0n) is 48.1. The molecular formula is C63H114N2O7P+. The van der Waals surface area contributed by atoms with Gasteiger partial charge in [0.25, 0.3) is 0 Å². The van der Waals surface area contributed by atoms with E-state index in [4.69, 9.17) is 13.8 Å². The van der Waals surface area contributed by atoms with Crippen molar-refractivity contribution in [1.29, 1.82) is 0 Å². The zero-order valence-corrected chi connectivity index (χ0v) is 49.0. The summed E-state index contributed by atoms with van der Waals surface area (Å²) in [6.07, 6.45) is 68.6. The molecule has 3 atom stereocenters. The predicted octanol–water partition coefficient (Wildman–Crippen LogP) is 18.2. The summed E-state index contributed by atoms with van der Waals surface area (Å²) in [6, 6.07) is -0.873. The molecular weight excluding hydrogens is 928 g/mol.